The summed E-state index contributed by atoms with van der Waals surface area (Å²) in [6, 6.07) is 4.74. The van der Waals surface area contributed by atoms with Crippen LogP contribution in [0.25, 0.3) is 0 Å². The fourth-order valence-electron chi connectivity index (χ4n) is 2.48. The number of hydrogen-bond donors (Lipinski definition) is 2. The third-order valence-electron chi connectivity index (χ3n) is 3.46. The summed E-state index contributed by atoms with van der Waals surface area (Å²) in [6.07, 6.45) is 5.21. The van der Waals surface area contributed by atoms with Crippen molar-refractivity contribution in [2.24, 2.45) is 11.7 Å². The number of anilines is 1. The van der Waals surface area contributed by atoms with E-state index in [4.69, 9.17) is 17.3 Å². The fraction of sp³-hybridized carbons (Fsp3) is 0.429. The minimum absolute atomic E-state index is 0.0235. The predicted octanol–water partition coefficient (Wildman–Crippen LogP) is 2.96. The third kappa shape index (κ3) is 3.70. The lowest BCUT2D eigenvalue weighted by Gasteiger charge is -2.10. The minimum atomic E-state index is -0.600. The van der Waals surface area contributed by atoms with Crippen molar-refractivity contribution >= 4 is 29.1 Å². The van der Waals surface area contributed by atoms with Crippen molar-refractivity contribution in [2.75, 3.05) is 5.32 Å². The predicted molar refractivity (Wildman–Crippen MR) is 75.2 cm³/mol. The van der Waals surface area contributed by atoms with Crippen LogP contribution in [0, 0.1) is 5.92 Å². The molecule has 0 unspecified atom stereocenters. The Morgan fingerprint density at radius 3 is 2.63 bits per heavy atom. The van der Waals surface area contributed by atoms with Gasteiger partial charge < -0.3 is 11.1 Å². The van der Waals surface area contributed by atoms with Gasteiger partial charge in [-0.3, -0.25) is 9.59 Å². The summed E-state index contributed by atoms with van der Waals surface area (Å²) in [5.74, 6) is -0.135. The average Bonchev–Trinajstić information content (AvgIpc) is 2.84. The van der Waals surface area contributed by atoms with Gasteiger partial charge in [0, 0.05) is 12.1 Å². The topological polar surface area (TPSA) is 72.2 Å². The first-order chi connectivity index (χ1) is 9.06. The second-order valence-corrected chi connectivity index (χ2v) is 5.37. The SMILES string of the molecule is NC(=O)c1cc(NC(=O)CC2CCCC2)ccc1Cl. The largest absolute Gasteiger partial charge is 0.366 e. The van der Waals surface area contributed by atoms with Crippen molar-refractivity contribution in [3.8, 4) is 0 Å². The van der Waals surface area contributed by atoms with Crippen molar-refractivity contribution in [3.63, 3.8) is 0 Å². The maximum atomic E-state index is 11.9. The van der Waals surface area contributed by atoms with Gasteiger partial charge in [-0.1, -0.05) is 24.4 Å². The summed E-state index contributed by atoms with van der Waals surface area (Å²) in [5, 5.41) is 3.08. The highest BCUT2D eigenvalue weighted by atomic mass is 35.5. The number of carbonyl (C=O) groups excluding carboxylic acids is 2. The first-order valence-electron chi connectivity index (χ1n) is 6.45. The van der Waals surface area contributed by atoms with Crippen LogP contribution in [0.5, 0.6) is 0 Å². The monoisotopic (exact) mass is 280 g/mol. The van der Waals surface area contributed by atoms with E-state index in [1.54, 1.807) is 12.1 Å². The second kappa shape index (κ2) is 6.06. The van der Waals surface area contributed by atoms with E-state index in [1.165, 1.54) is 18.9 Å². The van der Waals surface area contributed by atoms with Crippen molar-refractivity contribution in [1.82, 2.24) is 0 Å². The van der Waals surface area contributed by atoms with E-state index in [1.807, 2.05) is 0 Å². The van der Waals surface area contributed by atoms with Gasteiger partial charge in [0.15, 0.2) is 0 Å². The number of rotatable bonds is 4. The quantitative estimate of drug-likeness (QED) is 0.890. The van der Waals surface area contributed by atoms with E-state index < -0.39 is 5.91 Å². The normalized spacial score (nSPS) is 15.4. The van der Waals surface area contributed by atoms with Crippen LogP contribution in [-0.2, 0) is 4.79 Å². The van der Waals surface area contributed by atoms with Gasteiger partial charge in [-0.15, -0.1) is 0 Å². The number of nitrogens with two attached hydrogens (primary N) is 1. The van der Waals surface area contributed by atoms with Gasteiger partial charge in [-0.25, -0.2) is 0 Å². The van der Waals surface area contributed by atoms with Gasteiger partial charge in [-0.05, 0) is 37.0 Å². The number of primary amides is 1. The molecule has 0 saturated heterocycles. The standard InChI is InChI=1S/C14H17ClN2O2/c15-12-6-5-10(8-11(12)14(16)19)17-13(18)7-9-3-1-2-4-9/h5-6,8-9H,1-4,7H2,(H2,16,19)(H,17,18). The number of nitrogens with one attached hydrogen (secondary N) is 1. The highest BCUT2D eigenvalue weighted by molar-refractivity contribution is 6.33. The Hall–Kier alpha value is -1.55. The number of carbonyl (C=O) groups is 2. The molecule has 1 saturated carbocycles. The molecule has 19 heavy (non-hydrogen) atoms. The molecule has 0 spiro atoms. The zero-order valence-electron chi connectivity index (χ0n) is 10.6. The zero-order chi connectivity index (χ0) is 13.8. The van der Waals surface area contributed by atoms with Crippen molar-refractivity contribution in [3.05, 3.63) is 28.8 Å². The smallest absolute Gasteiger partial charge is 0.250 e. The van der Waals surface area contributed by atoms with Gasteiger partial charge in [0.2, 0.25) is 11.8 Å². The molecule has 2 amide bonds. The molecular weight excluding hydrogens is 264 g/mol. The number of hydrogen-bond acceptors (Lipinski definition) is 2. The third-order valence-corrected chi connectivity index (χ3v) is 3.79. The zero-order valence-corrected chi connectivity index (χ0v) is 11.4. The maximum Gasteiger partial charge on any atom is 0.250 e. The molecule has 0 radical (unpaired) electrons. The van der Waals surface area contributed by atoms with Crippen LogP contribution in [0.4, 0.5) is 5.69 Å². The van der Waals surface area contributed by atoms with Crippen LogP contribution >= 0.6 is 11.6 Å². The molecule has 0 aliphatic heterocycles. The van der Waals surface area contributed by atoms with E-state index in [-0.39, 0.29) is 11.5 Å². The van der Waals surface area contributed by atoms with E-state index in [0.29, 0.717) is 23.0 Å². The van der Waals surface area contributed by atoms with Crippen LogP contribution < -0.4 is 11.1 Å². The Balaban J connectivity index is 2.00. The van der Waals surface area contributed by atoms with E-state index >= 15 is 0 Å². The summed E-state index contributed by atoms with van der Waals surface area (Å²) in [4.78, 5) is 23.0. The first kappa shape index (κ1) is 13.9. The summed E-state index contributed by atoms with van der Waals surface area (Å²) < 4.78 is 0. The molecule has 1 aromatic rings. The summed E-state index contributed by atoms with van der Waals surface area (Å²) in [5.41, 5.74) is 5.99. The number of benzene rings is 1. The Kier molecular flexibility index (Phi) is 4.43. The molecule has 1 fully saturated rings. The van der Waals surface area contributed by atoms with Crippen molar-refractivity contribution < 1.29 is 9.59 Å². The summed E-state index contributed by atoms with van der Waals surface area (Å²) in [7, 11) is 0. The van der Waals surface area contributed by atoms with Gasteiger partial charge in [0.05, 0.1) is 10.6 Å². The Morgan fingerprint density at radius 1 is 1.32 bits per heavy atom. The average molecular weight is 281 g/mol. The molecule has 3 N–H and O–H groups in total. The lowest BCUT2D eigenvalue weighted by atomic mass is 10.0. The van der Waals surface area contributed by atoms with Gasteiger partial charge >= 0.3 is 0 Å². The molecule has 1 aliphatic carbocycles. The lowest BCUT2D eigenvalue weighted by molar-refractivity contribution is -0.117. The summed E-state index contributed by atoms with van der Waals surface area (Å²) in [6.45, 7) is 0. The fourth-order valence-corrected chi connectivity index (χ4v) is 2.69. The van der Waals surface area contributed by atoms with Crippen molar-refractivity contribution in [2.45, 2.75) is 32.1 Å². The molecule has 4 nitrogen and oxygen atoms in total. The van der Waals surface area contributed by atoms with Crippen LogP contribution in [0.2, 0.25) is 5.02 Å². The highest BCUT2D eigenvalue weighted by Gasteiger charge is 2.18. The molecule has 2 rings (SSSR count). The first-order valence-corrected chi connectivity index (χ1v) is 6.83. The minimum Gasteiger partial charge on any atom is -0.366 e. The van der Waals surface area contributed by atoms with Crippen LogP contribution in [0.15, 0.2) is 18.2 Å². The van der Waals surface area contributed by atoms with Gasteiger partial charge in [-0.2, -0.15) is 0 Å². The molecule has 1 aliphatic rings. The van der Waals surface area contributed by atoms with Crippen LogP contribution in [-0.4, -0.2) is 11.8 Å². The van der Waals surface area contributed by atoms with E-state index in [0.717, 1.165) is 12.8 Å². The molecule has 0 heterocycles. The van der Waals surface area contributed by atoms with E-state index in [9.17, 15) is 9.59 Å². The molecule has 1 aromatic carbocycles. The Labute approximate surface area is 117 Å². The molecule has 0 atom stereocenters. The van der Waals surface area contributed by atoms with Crippen molar-refractivity contribution in [1.29, 1.82) is 0 Å². The molecule has 0 bridgehead atoms. The molecule has 102 valence electrons. The second-order valence-electron chi connectivity index (χ2n) is 4.96. The molecule has 0 aromatic heterocycles. The highest BCUT2D eigenvalue weighted by Crippen LogP contribution is 2.28. The molecular formula is C14H17ClN2O2. The maximum absolute atomic E-state index is 11.9. The van der Waals surface area contributed by atoms with Gasteiger partial charge in [0.1, 0.15) is 0 Å². The van der Waals surface area contributed by atoms with Gasteiger partial charge in [0.25, 0.3) is 0 Å². The number of amides is 2. The number of halogens is 1. The van der Waals surface area contributed by atoms with Crippen LogP contribution in [0.1, 0.15) is 42.5 Å². The van der Waals surface area contributed by atoms with Crippen LogP contribution in [0.3, 0.4) is 0 Å². The summed E-state index contributed by atoms with van der Waals surface area (Å²) >= 11 is 5.85. The molecule has 5 heteroatoms. The lowest BCUT2D eigenvalue weighted by Crippen LogP contribution is -2.16. The van der Waals surface area contributed by atoms with E-state index in [2.05, 4.69) is 5.32 Å². The Morgan fingerprint density at radius 2 is 2.00 bits per heavy atom. The Bertz CT molecular complexity index is 496.